The fourth-order valence-electron chi connectivity index (χ4n) is 5.99. The third kappa shape index (κ3) is 5.46. The maximum absolute atomic E-state index is 13.4. The normalized spacial score (nSPS) is 44.8. The minimum atomic E-state index is -1.69. The molecular formula is C26H38O13. The van der Waals surface area contributed by atoms with Gasteiger partial charge in [-0.2, -0.15) is 0 Å². The number of allylic oxidation sites excluding steroid dienone is 1. The average Bonchev–Trinajstić information content (AvgIpc) is 3.16. The minimum Gasteiger partial charge on any atom is -0.468 e. The lowest BCUT2D eigenvalue weighted by molar-refractivity contribution is -0.327. The van der Waals surface area contributed by atoms with E-state index in [1.807, 2.05) is 0 Å². The van der Waals surface area contributed by atoms with Crippen LogP contribution in [0.2, 0.25) is 0 Å². The van der Waals surface area contributed by atoms with Crippen molar-refractivity contribution in [3.8, 4) is 0 Å². The second-order valence-electron chi connectivity index (χ2n) is 10.8. The number of esters is 2. The van der Waals surface area contributed by atoms with Crippen LogP contribution in [0.1, 0.15) is 33.6 Å². The van der Waals surface area contributed by atoms with Crippen molar-refractivity contribution < 1.29 is 63.9 Å². The quantitative estimate of drug-likeness (QED) is 0.168. The van der Waals surface area contributed by atoms with Crippen molar-refractivity contribution in [3.63, 3.8) is 0 Å². The van der Waals surface area contributed by atoms with E-state index in [0.29, 0.717) is 5.57 Å². The van der Waals surface area contributed by atoms with Crippen LogP contribution in [0.25, 0.3) is 0 Å². The highest BCUT2D eigenvalue weighted by molar-refractivity contribution is 5.91. The van der Waals surface area contributed by atoms with Gasteiger partial charge in [-0.3, -0.25) is 4.79 Å². The first-order valence-corrected chi connectivity index (χ1v) is 13.1. The Kier molecular flexibility index (Phi) is 9.03. The number of carbonyl (C=O) groups excluding carboxylic acids is 2. The molecule has 1 saturated carbocycles. The zero-order valence-electron chi connectivity index (χ0n) is 22.1. The van der Waals surface area contributed by atoms with Crippen molar-refractivity contribution in [2.45, 2.75) is 82.3 Å². The first kappa shape index (κ1) is 29.9. The van der Waals surface area contributed by atoms with Crippen LogP contribution in [0.15, 0.2) is 23.5 Å². The topological polar surface area (TPSA) is 202 Å². The largest absolute Gasteiger partial charge is 0.468 e. The number of rotatable bonds is 5. The zero-order chi connectivity index (χ0) is 28.6. The van der Waals surface area contributed by atoms with Crippen molar-refractivity contribution in [1.82, 2.24) is 0 Å². The van der Waals surface area contributed by atoms with Gasteiger partial charge in [-0.05, 0) is 25.2 Å². The second kappa shape index (κ2) is 11.8. The smallest absolute Gasteiger partial charge is 0.338 e. The number of carbonyl (C=O) groups is 2. The first-order valence-electron chi connectivity index (χ1n) is 13.1. The Morgan fingerprint density at radius 2 is 1.90 bits per heavy atom. The Morgan fingerprint density at radius 1 is 1.18 bits per heavy atom. The van der Waals surface area contributed by atoms with Gasteiger partial charge in [0.1, 0.15) is 42.7 Å². The fraction of sp³-hybridized carbons (Fsp3) is 0.769. The van der Waals surface area contributed by atoms with E-state index in [2.05, 4.69) is 0 Å². The Hall–Kier alpha value is -2.10. The molecule has 4 rings (SSSR count). The van der Waals surface area contributed by atoms with Crippen LogP contribution in [-0.2, 0) is 33.3 Å². The second-order valence-corrected chi connectivity index (χ2v) is 10.8. The van der Waals surface area contributed by atoms with Gasteiger partial charge in [0.2, 0.25) is 6.29 Å². The van der Waals surface area contributed by atoms with Crippen LogP contribution in [0.5, 0.6) is 0 Å². The summed E-state index contributed by atoms with van der Waals surface area (Å²) in [6.45, 7) is 3.91. The third-order valence-electron chi connectivity index (χ3n) is 8.59. The van der Waals surface area contributed by atoms with Gasteiger partial charge >= 0.3 is 11.9 Å². The molecule has 7 unspecified atom stereocenters. The van der Waals surface area contributed by atoms with Crippen molar-refractivity contribution >= 4 is 11.9 Å². The molecule has 0 aromatic heterocycles. The summed E-state index contributed by atoms with van der Waals surface area (Å²) in [5.74, 6) is -3.75. The van der Waals surface area contributed by atoms with E-state index in [9.17, 15) is 40.2 Å². The molecule has 13 heteroatoms. The third-order valence-corrected chi connectivity index (χ3v) is 8.59. The van der Waals surface area contributed by atoms with Crippen molar-refractivity contribution in [2.24, 2.45) is 23.7 Å². The van der Waals surface area contributed by atoms with Gasteiger partial charge in [-0.15, -0.1) is 0 Å². The summed E-state index contributed by atoms with van der Waals surface area (Å²) < 4.78 is 28.1. The van der Waals surface area contributed by atoms with Gasteiger partial charge in [0, 0.05) is 24.0 Å². The molecule has 3 fully saturated rings. The maximum atomic E-state index is 13.4. The molecule has 0 amide bonds. The van der Waals surface area contributed by atoms with E-state index in [1.165, 1.54) is 0 Å². The van der Waals surface area contributed by atoms with Crippen LogP contribution in [0, 0.1) is 23.7 Å². The van der Waals surface area contributed by atoms with Crippen LogP contribution in [-0.4, -0.2) is 111 Å². The molecule has 3 aliphatic heterocycles. The van der Waals surface area contributed by atoms with Gasteiger partial charge in [0.25, 0.3) is 0 Å². The highest BCUT2D eigenvalue weighted by atomic mass is 16.8. The predicted molar refractivity (Wildman–Crippen MR) is 129 cm³/mol. The predicted octanol–water partition coefficient (Wildman–Crippen LogP) is -1.52. The number of hydrogen-bond donors (Lipinski definition) is 6. The first-order chi connectivity index (χ1) is 18.5. The monoisotopic (exact) mass is 558 g/mol. The number of aliphatic hydroxyl groups is 6. The Bertz CT molecular complexity index is 979. The van der Waals surface area contributed by atoms with Crippen molar-refractivity contribution in [2.75, 3.05) is 19.8 Å². The summed E-state index contributed by atoms with van der Waals surface area (Å²) in [6.07, 6.45) is -7.06. The molecule has 4 aliphatic rings. The molecule has 1 aliphatic carbocycles. The van der Waals surface area contributed by atoms with Crippen LogP contribution >= 0.6 is 0 Å². The zero-order valence-corrected chi connectivity index (χ0v) is 22.1. The number of hydrogen-bond acceptors (Lipinski definition) is 13. The van der Waals surface area contributed by atoms with E-state index in [0.717, 1.165) is 6.26 Å². The van der Waals surface area contributed by atoms with E-state index >= 15 is 0 Å². The summed E-state index contributed by atoms with van der Waals surface area (Å²) in [5.41, 5.74) is -1.19. The molecule has 6 N–H and O–H groups in total. The number of ether oxygens (including phenoxy) is 5. The van der Waals surface area contributed by atoms with E-state index < -0.39 is 85.0 Å². The highest BCUT2D eigenvalue weighted by Gasteiger charge is 2.57. The van der Waals surface area contributed by atoms with Crippen molar-refractivity contribution in [1.29, 1.82) is 0 Å². The van der Waals surface area contributed by atoms with Crippen LogP contribution < -0.4 is 0 Å². The molecule has 0 spiro atoms. The molecule has 13 nitrogen and oxygen atoms in total. The van der Waals surface area contributed by atoms with Gasteiger partial charge in [0.15, 0.2) is 6.29 Å². The van der Waals surface area contributed by atoms with E-state index in [1.54, 1.807) is 26.8 Å². The Morgan fingerprint density at radius 3 is 2.54 bits per heavy atom. The lowest BCUT2D eigenvalue weighted by Crippen LogP contribution is -2.60. The van der Waals surface area contributed by atoms with Gasteiger partial charge in [-0.1, -0.05) is 19.9 Å². The highest BCUT2D eigenvalue weighted by Crippen LogP contribution is 2.47. The maximum Gasteiger partial charge on any atom is 0.338 e. The molecule has 2 bridgehead atoms. The molecule has 39 heavy (non-hydrogen) atoms. The van der Waals surface area contributed by atoms with Crippen molar-refractivity contribution in [3.05, 3.63) is 23.5 Å². The minimum absolute atomic E-state index is 0.0185. The number of fused-ring (bicyclic) bond motifs is 3. The van der Waals surface area contributed by atoms with E-state index in [-0.39, 0.29) is 37.5 Å². The van der Waals surface area contributed by atoms with Gasteiger partial charge in [0.05, 0.1) is 24.9 Å². The molecule has 0 aromatic rings. The standard InChI is InChI=1S/C26H38O13/c1-4-13-14-5-19(29)36-10-26(34)12(3)17(6-16(26)11(2)7-27)37-23(33)15(14)9-35-24(13)39-25-22(32)21(31)20(30)18(8-28)38-25/h4,9,11-12,14,16-18,20-22,24-25,27-28,30-32,34H,5-8,10H2,1-3H3/b13-4-/t11?,12?,14?,16?,17?,18-,20-,21+,22-,24?,25+,26?/m1/s1. The summed E-state index contributed by atoms with van der Waals surface area (Å²) in [6, 6.07) is 0. The van der Waals surface area contributed by atoms with Crippen LogP contribution in [0.4, 0.5) is 0 Å². The Labute approximate surface area is 225 Å². The molecule has 3 heterocycles. The lowest BCUT2D eigenvalue weighted by atomic mass is 9.79. The summed E-state index contributed by atoms with van der Waals surface area (Å²) in [5, 5.41) is 61.2. The molecule has 2 saturated heterocycles. The van der Waals surface area contributed by atoms with E-state index in [4.69, 9.17) is 23.7 Å². The van der Waals surface area contributed by atoms with Gasteiger partial charge in [-0.25, -0.2) is 4.79 Å². The number of aliphatic hydroxyl groups excluding tert-OH is 5. The fourth-order valence-corrected chi connectivity index (χ4v) is 5.99. The SMILES string of the molecule is C/C=C1\C(O[C@@H]2O[C@H](CO)[C@@H](O)[C@H](O)[C@H]2O)OC=C2C(=O)OC3CC(C(C)CO)C(O)(COC(=O)CC21)C3C. The molecule has 0 radical (unpaired) electrons. The number of cyclic esters (lactones) is 1. The molecular weight excluding hydrogens is 520 g/mol. The summed E-state index contributed by atoms with van der Waals surface area (Å²) in [4.78, 5) is 26.4. The molecule has 12 atom stereocenters. The van der Waals surface area contributed by atoms with Gasteiger partial charge < -0.3 is 54.3 Å². The van der Waals surface area contributed by atoms with Crippen LogP contribution in [0.3, 0.4) is 0 Å². The molecule has 0 aromatic carbocycles. The molecule has 220 valence electrons. The lowest BCUT2D eigenvalue weighted by Gasteiger charge is -2.42. The Balaban J connectivity index is 1.60. The summed E-state index contributed by atoms with van der Waals surface area (Å²) >= 11 is 0. The average molecular weight is 559 g/mol. The summed E-state index contributed by atoms with van der Waals surface area (Å²) in [7, 11) is 0.